The molecule has 1 aliphatic heterocycles. The summed E-state index contributed by atoms with van der Waals surface area (Å²) in [5, 5.41) is 26.4. The molecule has 10 heteroatoms. The Morgan fingerprint density at radius 2 is 1.84 bits per heavy atom. The summed E-state index contributed by atoms with van der Waals surface area (Å²) >= 11 is 0.941. The molecule has 0 saturated carbocycles. The van der Waals surface area contributed by atoms with E-state index in [2.05, 4.69) is 10.1 Å². The van der Waals surface area contributed by atoms with Crippen LogP contribution in [-0.2, 0) is 0 Å². The number of para-hydroxylation sites is 1. The van der Waals surface area contributed by atoms with E-state index in [1.54, 1.807) is 47.8 Å². The van der Waals surface area contributed by atoms with E-state index < -0.39 is 18.3 Å². The minimum absolute atomic E-state index is 0.00530. The van der Waals surface area contributed by atoms with Crippen LogP contribution >= 0.6 is 11.3 Å². The number of aromatic hydroxyl groups is 1. The lowest BCUT2D eigenvalue weighted by atomic mass is 10.1. The van der Waals surface area contributed by atoms with Crippen LogP contribution < -0.4 is 9.75 Å². The predicted octanol–water partition coefficient (Wildman–Crippen LogP) is 5.05. The maximum atomic E-state index is 13.8. The second kappa shape index (κ2) is 8.29. The van der Waals surface area contributed by atoms with Gasteiger partial charge < -0.3 is 14.9 Å². The largest absolute Gasteiger partial charge is 0.507 e. The Morgan fingerprint density at radius 3 is 2.50 bits per heavy atom. The first-order valence-electron chi connectivity index (χ1n) is 9.44. The Hall–Kier alpha value is -3.37. The number of aliphatic hydroxyl groups is 1. The van der Waals surface area contributed by atoms with Crippen molar-refractivity contribution in [1.29, 1.82) is 0 Å². The van der Waals surface area contributed by atoms with Crippen molar-refractivity contribution in [3.63, 3.8) is 0 Å². The van der Waals surface area contributed by atoms with Crippen molar-refractivity contribution >= 4 is 28.3 Å². The van der Waals surface area contributed by atoms with Gasteiger partial charge in [-0.25, -0.2) is 4.98 Å². The lowest BCUT2D eigenvalue weighted by molar-refractivity contribution is -0.254. The highest BCUT2D eigenvalue weighted by molar-refractivity contribution is 7.14. The van der Waals surface area contributed by atoms with Crippen molar-refractivity contribution in [2.45, 2.75) is 18.3 Å². The Labute approximate surface area is 185 Å². The third kappa shape index (κ3) is 4.06. The van der Waals surface area contributed by atoms with Crippen molar-refractivity contribution in [3.05, 3.63) is 65.6 Å². The third-order valence-electron chi connectivity index (χ3n) is 4.91. The van der Waals surface area contributed by atoms with Gasteiger partial charge in [-0.2, -0.15) is 23.3 Å². The summed E-state index contributed by atoms with van der Waals surface area (Å²) in [6.07, 6.45) is -2.98. The zero-order valence-corrected chi connectivity index (χ0v) is 17.6. The van der Waals surface area contributed by atoms with Gasteiger partial charge in [-0.05, 0) is 42.5 Å². The molecule has 166 valence electrons. The molecule has 2 heterocycles. The van der Waals surface area contributed by atoms with Gasteiger partial charge in [0.05, 0.1) is 24.9 Å². The summed E-state index contributed by atoms with van der Waals surface area (Å²) in [6, 6.07) is 13.3. The highest BCUT2D eigenvalue weighted by Gasteiger charge is 2.62. The van der Waals surface area contributed by atoms with Gasteiger partial charge in [0.1, 0.15) is 11.5 Å². The number of anilines is 1. The minimum Gasteiger partial charge on any atom is -0.507 e. The lowest BCUT2D eigenvalue weighted by Crippen LogP contribution is -2.55. The van der Waals surface area contributed by atoms with Gasteiger partial charge in [-0.1, -0.05) is 18.2 Å². The van der Waals surface area contributed by atoms with Gasteiger partial charge in [0.2, 0.25) is 5.13 Å². The molecule has 3 aromatic rings. The number of hydrogen-bond donors (Lipinski definition) is 2. The van der Waals surface area contributed by atoms with E-state index in [0.29, 0.717) is 27.6 Å². The average molecular weight is 461 g/mol. The fourth-order valence-corrected chi connectivity index (χ4v) is 4.01. The molecular weight excluding hydrogens is 443 g/mol. The number of allylic oxidation sites excluding steroid dienone is 1. The molecule has 1 atom stereocenters. The van der Waals surface area contributed by atoms with Crippen LogP contribution in [0.1, 0.15) is 12.0 Å². The molecule has 0 unspecified atom stereocenters. The number of nitrogens with zero attached hydrogens (tertiary/aromatic N) is 3. The van der Waals surface area contributed by atoms with Gasteiger partial charge >= 0.3 is 6.18 Å². The minimum atomic E-state index is -4.98. The molecule has 32 heavy (non-hydrogen) atoms. The second-order valence-electron chi connectivity index (χ2n) is 7.03. The first kappa shape index (κ1) is 21.8. The molecule has 0 spiro atoms. The number of methoxy groups -OCH3 is 1. The molecule has 0 radical (unpaired) electrons. The quantitative estimate of drug-likeness (QED) is 0.556. The van der Waals surface area contributed by atoms with Crippen LogP contribution in [0.15, 0.2) is 65.1 Å². The summed E-state index contributed by atoms with van der Waals surface area (Å²) in [6.45, 7) is 0. The summed E-state index contributed by atoms with van der Waals surface area (Å²) in [5.74, 6) is 0.620. The highest BCUT2D eigenvalue weighted by Crippen LogP contribution is 2.44. The summed E-state index contributed by atoms with van der Waals surface area (Å²) in [7, 11) is 1.53. The molecule has 0 fully saturated rings. The van der Waals surface area contributed by atoms with Crippen LogP contribution in [0.5, 0.6) is 11.5 Å². The summed E-state index contributed by atoms with van der Waals surface area (Å²) < 4.78 is 46.6. The van der Waals surface area contributed by atoms with Crippen LogP contribution in [0.3, 0.4) is 0 Å². The third-order valence-corrected chi connectivity index (χ3v) is 5.73. The molecule has 2 aromatic carbocycles. The van der Waals surface area contributed by atoms with Crippen molar-refractivity contribution < 1.29 is 28.1 Å². The predicted molar refractivity (Wildman–Crippen MR) is 117 cm³/mol. The number of ether oxygens (including phenoxy) is 1. The van der Waals surface area contributed by atoms with Gasteiger partial charge in [0, 0.05) is 16.5 Å². The summed E-state index contributed by atoms with van der Waals surface area (Å²) in [4.78, 5) is 4.27. The number of aromatic nitrogens is 1. The molecule has 4 rings (SSSR count). The van der Waals surface area contributed by atoms with Gasteiger partial charge in [0.15, 0.2) is 0 Å². The maximum absolute atomic E-state index is 13.8. The van der Waals surface area contributed by atoms with E-state index in [9.17, 15) is 23.4 Å². The van der Waals surface area contributed by atoms with Gasteiger partial charge in [-0.15, -0.1) is 11.3 Å². The molecule has 1 aliphatic rings. The zero-order chi connectivity index (χ0) is 22.9. The van der Waals surface area contributed by atoms with E-state index in [1.165, 1.54) is 25.3 Å². The smallest absolute Gasteiger partial charge is 0.438 e. The molecular formula is C22H18F3N3O3S. The van der Waals surface area contributed by atoms with Crippen LogP contribution in [0, 0.1) is 0 Å². The zero-order valence-electron chi connectivity index (χ0n) is 16.7. The molecule has 0 bridgehead atoms. The van der Waals surface area contributed by atoms with E-state index >= 15 is 0 Å². The molecule has 0 saturated heterocycles. The van der Waals surface area contributed by atoms with Crippen LogP contribution in [0.25, 0.3) is 17.3 Å². The van der Waals surface area contributed by atoms with E-state index in [1.807, 2.05) is 0 Å². The standard InChI is InChI=1S/C22H18F3N3O3S/c1-31-17-10-7-14(8-11-17)18-13-32-20(26-18)28-21(30,22(23,24)25)12-16(27-28)9-6-15-4-2-3-5-19(15)29/h2-11,13,29-30H,12H2,1H3/b9-6+/t21-/m1/s1. The number of hydrogen-bond acceptors (Lipinski definition) is 7. The number of alkyl halides is 3. The number of thiazole rings is 1. The van der Waals surface area contributed by atoms with Crippen molar-refractivity contribution in [1.82, 2.24) is 4.98 Å². The summed E-state index contributed by atoms with van der Waals surface area (Å²) in [5.41, 5.74) is -1.69. The Bertz CT molecular complexity index is 1170. The molecule has 6 nitrogen and oxygen atoms in total. The first-order valence-corrected chi connectivity index (χ1v) is 10.3. The van der Waals surface area contributed by atoms with Gasteiger partial charge in [-0.3, -0.25) is 0 Å². The molecule has 0 aliphatic carbocycles. The fourth-order valence-electron chi connectivity index (χ4n) is 3.16. The molecule has 0 amide bonds. The number of phenols is 1. The second-order valence-corrected chi connectivity index (χ2v) is 7.87. The number of phenolic OH excluding ortho intramolecular Hbond substituents is 1. The van der Waals surface area contributed by atoms with Crippen LogP contribution in [0.4, 0.5) is 18.3 Å². The Balaban J connectivity index is 1.66. The first-order chi connectivity index (χ1) is 15.2. The molecule has 2 N–H and O–H groups in total. The maximum Gasteiger partial charge on any atom is 0.438 e. The van der Waals surface area contributed by atoms with Crippen molar-refractivity contribution in [2.75, 3.05) is 12.1 Å². The van der Waals surface area contributed by atoms with Crippen LogP contribution in [0.2, 0.25) is 0 Å². The number of rotatable bonds is 5. The van der Waals surface area contributed by atoms with E-state index in [0.717, 1.165) is 11.3 Å². The Morgan fingerprint density at radius 1 is 1.12 bits per heavy atom. The number of hydrazone groups is 1. The number of benzene rings is 2. The van der Waals surface area contributed by atoms with Crippen molar-refractivity contribution in [3.8, 4) is 22.8 Å². The highest BCUT2D eigenvalue weighted by atomic mass is 32.1. The monoisotopic (exact) mass is 461 g/mol. The Kier molecular flexibility index (Phi) is 5.66. The van der Waals surface area contributed by atoms with Crippen molar-refractivity contribution in [2.24, 2.45) is 5.10 Å². The van der Waals surface area contributed by atoms with E-state index in [-0.39, 0.29) is 16.6 Å². The average Bonchev–Trinajstić information content (AvgIpc) is 3.38. The van der Waals surface area contributed by atoms with Gasteiger partial charge in [0.25, 0.3) is 5.72 Å². The van der Waals surface area contributed by atoms with Crippen LogP contribution in [-0.4, -0.2) is 39.9 Å². The fraction of sp³-hybridized carbons (Fsp3) is 0.182. The topological polar surface area (TPSA) is 78.2 Å². The lowest BCUT2D eigenvalue weighted by Gasteiger charge is -2.32. The molecule has 1 aromatic heterocycles. The van der Waals surface area contributed by atoms with E-state index in [4.69, 9.17) is 4.74 Å². The number of halogens is 3. The normalized spacial score (nSPS) is 18.9. The SMILES string of the molecule is COc1ccc(-c2csc(N3N=C(/C=C/c4ccccc4O)C[C@@]3(O)C(F)(F)F)n2)cc1.